The first-order chi connectivity index (χ1) is 12.1. The van der Waals surface area contributed by atoms with E-state index >= 15 is 0 Å². The Morgan fingerprint density at radius 2 is 2.40 bits per heavy atom. The third-order valence-corrected chi connectivity index (χ3v) is 5.40. The second kappa shape index (κ2) is 8.58. The minimum Gasteiger partial charge on any atom is -0.351 e. The third kappa shape index (κ3) is 5.12. The minimum atomic E-state index is 0.107. The number of nitrogens with zero attached hydrogens (tertiary/aromatic N) is 3. The van der Waals surface area contributed by atoms with Crippen LogP contribution in [0.5, 0.6) is 0 Å². The van der Waals surface area contributed by atoms with E-state index in [2.05, 4.69) is 34.2 Å². The highest BCUT2D eigenvalue weighted by Gasteiger charge is 2.26. The predicted octanol–water partition coefficient (Wildman–Crippen LogP) is 3.14. The van der Waals surface area contributed by atoms with Gasteiger partial charge in [0.25, 0.3) is 0 Å². The van der Waals surface area contributed by atoms with E-state index in [4.69, 9.17) is 4.52 Å². The Labute approximate surface area is 152 Å². The molecule has 3 heterocycles. The molecule has 0 aromatic carbocycles. The number of rotatable bonds is 7. The van der Waals surface area contributed by atoms with Crippen molar-refractivity contribution in [2.24, 2.45) is 0 Å². The number of carbonyl (C=O) groups excluding carboxylic acids is 1. The molecule has 136 valence electrons. The van der Waals surface area contributed by atoms with Gasteiger partial charge in [-0.05, 0) is 30.8 Å². The molecule has 0 unspecified atom stereocenters. The van der Waals surface area contributed by atoms with E-state index in [9.17, 15) is 4.79 Å². The molecule has 1 aliphatic rings. The van der Waals surface area contributed by atoms with E-state index in [0.29, 0.717) is 13.0 Å². The van der Waals surface area contributed by atoms with Crippen LogP contribution in [0.1, 0.15) is 61.5 Å². The molecule has 1 amide bonds. The summed E-state index contributed by atoms with van der Waals surface area (Å²) in [5.41, 5.74) is 0. The maximum Gasteiger partial charge on any atom is 0.231 e. The fraction of sp³-hybridized carbons (Fsp3) is 0.611. The lowest BCUT2D eigenvalue weighted by Gasteiger charge is -2.30. The molecular formula is C18H26N4O2S. The summed E-state index contributed by atoms with van der Waals surface area (Å²) in [7, 11) is 0. The average Bonchev–Trinajstić information content (AvgIpc) is 3.30. The van der Waals surface area contributed by atoms with Gasteiger partial charge >= 0.3 is 0 Å². The number of aromatic nitrogens is 2. The largest absolute Gasteiger partial charge is 0.351 e. The minimum absolute atomic E-state index is 0.107. The maximum atomic E-state index is 12.0. The number of nitrogens with one attached hydrogen (secondary N) is 1. The van der Waals surface area contributed by atoms with Crippen molar-refractivity contribution in [1.29, 1.82) is 0 Å². The lowest BCUT2D eigenvalue weighted by molar-refractivity contribution is -0.121. The van der Waals surface area contributed by atoms with Gasteiger partial charge in [-0.2, -0.15) is 4.98 Å². The number of hydrogen-bond donors (Lipinski definition) is 1. The number of thiophene rings is 1. The van der Waals surface area contributed by atoms with Gasteiger partial charge in [-0.15, -0.1) is 11.3 Å². The summed E-state index contributed by atoms with van der Waals surface area (Å²) in [6, 6.07) is 4.04. The van der Waals surface area contributed by atoms with Crippen LogP contribution in [0, 0.1) is 0 Å². The summed E-state index contributed by atoms with van der Waals surface area (Å²) in [6.07, 6.45) is 2.70. The van der Waals surface area contributed by atoms with Gasteiger partial charge in [-0.1, -0.05) is 25.1 Å². The standard InChI is InChI=1S/C18H26N4O2S/c1-13(2)17-20-18(24-21-17)14-5-3-8-22(12-14)9-7-16(23)19-11-15-6-4-10-25-15/h4,6,10,13-14H,3,5,7-9,11-12H2,1-2H3,(H,19,23)/t14-/m1/s1. The summed E-state index contributed by atoms with van der Waals surface area (Å²) >= 11 is 1.66. The first kappa shape index (κ1) is 18.1. The molecule has 0 radical (unpaired) electrons. The first-order valence-electron chi connectivity index (χ1n) is 8.96. The topological polar surface area (TPSA) is 71.3 Å². The molecular weight excluding hydrogens is 336 g/mol. The van der Waals surface area contributed by atoms with E-state index in [1.165, 1.54) is 4.88 Å². The van der Waals surface area contributed by atoms with Crippen LogP contribution in [0.2, 0.25) is 0 Å². The van der Waals surface area contributed by atoms with Gasteiger partial charge in [0.05, 0.1) is 12.5 Å². The number of piperidine rings is 1. The number of likely N-dealkylation sites (tertiary alicyclic amines) is 1. The van der Waals surface area contributed by atoms with Crippen LogP contribution in [-0.2, 0) is 11.3 Å². The lowest BCUT2D eigenvalue weighted by Crippen LogP contribution is -2.37. The normalized spacial score (nSPS) is 18.6. The number of amides is 1. The molecule has 1 aliphatic heterocycles. The Morgan fingerprint density at radius 3 is 3.12 bits per heavy atom. The Hall–Kier alpha value is -1.73. The van der Waals surface area contributed by atoms with Gasteiger partial charge in [-0.25, -0.2) is 0 Å². The third-order valence-electron chi connectivity index (χ3n) is 4.52. The molecule has 1 N–H and O–H groups in total. The summed E-state index contributed by atoms with van der Waals surface area (Å²) in [5.74, 6) is 2.19. The van der Waals surface area contributed by atoms with Gasteiger partial charge < -0.3 is 14.7 Å². The zero-order chi connectivity index (χ0) is 17.6. The van der Waals surface area contributed by atoms with Gasteiger partial charge in [-0.3, -0.25) is 4.79 Å². The van der Waals surface area contributed by atoms with Crippen LogP contribution in [-0.4, -0.2) is 40.6 Å². The van der Waals surface area contributed by atoms with Crippen LogP contribution < -0.4 is 5.32 Å². The summed E-state index contributed by atoms with van der Waals surface area (Å²) in [5, 5.41) is 9.08. The van der Waals surface area contributed by atoms with Crippen molar-refractivity contribution in [3.05, 3.63) is 34.1 Å². The van der Waals surface area contributed by atoms with Crippen LogP contribution in [0.15, 0.2) is 22.0 Å². The molecule has 0 spiro atoms. The zero-order valence-electron chi connectivity index (χ0n) is 14.9. The molecule has 25 heavy (non-hydrogen) atoms. The van der Waals surface area contributed by atoms with Gasteiger partial charge in [0, 0.05) is 30.3 Å². The highest BCUT2D eigenvalue weighted by Crippen LogP contribution is 2.26. The molecule has 6 nitrogen and oxygen atoms in total. The molecule has 0 aliphatic carbocycles. The van der Waals surface area contributed by atoms with E-state index in [0.717, 1.165) is 44.2 Å². The number of hydrogen-bond acceptors (Lipinski definition) is 6. The molecule has 1 saturated heterocycles. The van der Waals surface area contributed by atoms with Crippen molar-refractivity contribution in [3.8, 4) is 0 Å². The second-order valence-electron chi connectivity index (χ2n) is 6.89. The van der Waals surface area contributed by atoms with E-state index in [-0.39, 0.29) is 17.7 Å². The fourth-order valence-corrected chi connectivity index (χ4v) is 3.70. The summed E-state index contributed by atoms with van der Waals surface area (Å²) in [4.78, 5) is 20.1. The molecule has 0 bridgehead atoms. The Bertz CT molecular complexity index is 668. The second-order valence-corrected chi connectivity index (χ2v) is 7.92. The van der Waals surface area contributed by atoms with Crippen LogP contribution in [0.4, 0.5) is 0 Å². The smallest absolute Gasteiger partial charge is 0.231 e. The Morgan fingerprint density at radius 1 is 1.52 bits per heavy atom. The first-order valence-corrected chi connectivity index (χ1v) is 9.84. The molecule has 0 saturated carbocycles. The van der Waals surface area contributed by atoms with Gasteiger partial charge in [0.1, 0.15) is 0 Å². The van der Waals surface area contributed by atoms with Crippen molar-refractivity contribution in [3.63, 3.8) is 0 Å². The van der Waals surface area contributed by atoms with Gasteiger partial charge in [0.2, 0.25) is 11.8 Å². The lowest BCUT2D eigenvalue weighted by atomic mass is 9.98. The van der Waals surface area contributed by atoms with E-state index < -0.39 is 0 Å². The van der Waals surface area contributed by atoms with Crippen molar-refractivity contribution < 1.29 is 9.32 Å². The van der Waals surface area contributed by atoms with Gasteiger partial charge in [0.15, 0.2) is 5.82 Å². The van der Waals surface area contributed by atoms with Crippen LogP contribution in [0.25, 0.3) is 0 Å². The highest BCUT2D eigenvalue weighted by atomic mass is 32.1. The van der Waals surface area contributed by atoms with Crippen molar-refractivity contribution in [1.82, 2.24) is 20.4 Å². The van der Waals surface area contributed by atoms with E-state index in [1.54, 1.807) is 11.3 Å². The maximum absolute atomic E-state index is 12.0. The zero-order valence-corrected chi connectivity index (χ0v) is 15.7. The Balaban J connectivity index is 1.44. The fourth-order valence-electron chi connectivity index (χ4n) is 3.05. The molecule has 7 heteroatoms. The van der Waals surface area contributed by atoms with Crippen LogP contribution in [0.3, 0.4) is 0 Å². The van der Waals surface area contributed by atoms with Crippen LogP contribution >= 0.6 is 11.3 Å². The highest BCUT2D eigenvalue weighted by molar-refractivity contribution is 7.09. The Kier molecular flexibility index (Phi) is 6.20. The molecule has 1 atom stereocenters. The average molecular weight is 362 g/mol. The van der Waals surface area contributed by atoms with Crippen molar-refractivity contribution >= 4 is 17.2 Å². The summed E-state index contributed by atoms with van der Waals surface area (Å²) in [6.45, 7) is 7.45. The molecule has 1 fully saturated rings. The van der Waals surface area contributed by atoms with E-state index in [1.807, 2.05) is 17.5 Å². The molecule has 2 aromatic rings. The quantitative estimate of drug-likeness (QED) is 0.819. The molecule has 3 rings (SSSR count). The van der Waals surface area contributed by atoms with Crippen molar-refractivity contribution in [2.75, 3.05) is 19.6 Å². The monoisotopic (exact) mass is 362 g/mol. The predicted molar refractivity (Wildman–Crippen MR) is 97.6 cm³/mol. The molecule has 2 aromatic heterocycles. The SMILES string of the molecule is CC(C)c1noc([C@@H]2CCCN(CCC(=O)NCc3cccs3)C2)n1. The number of carbonyl (C=O) groups is 1. The summed E-state index contributed by atoms with van der Waals surface area (Å²) < 4.78 is 5.45. The van der Waals surface area contributed by atoms with Crippen molar-refractivity contribution in [2.45, 2.75) is 51.5 Å².